The normalized spacial score (nSPS) is 12.3. The van der Waals surface area contributed by atoms with E-state index < -0.39 is 0 Å². The predicted octanol–water partition coefficient (Wildman–Crippen LogP) is 2.42. The van der Waals surface area contributed by atoms with Gasteiger partial charge in [-0.2, -0.15) is 0 Å². The van der Waals surface area contributed by atoms with Crippen molar-refractivity contribution in [2.45, 2.75) is 26.4 Å². The van der Waals surface area contributed by atoms with Gasteiger partial charge in [0.1, 0.15) is 6.54 Å². The van der Waals surface area contributed by atoms with Crippen LogP contribution in [0.25, 0.3) is 0 Å². The average molecular weight is 290 g/mol. The molecule has 2 rings (SSSR count). The Morgan fingerprint density at radius 2 is 2.10 bits per heavy atom. The summed E-state index contributed by atoms with van der Waals surface area (Å²) in [4.78, 5) is 24.8. The summed E-state index contributed by atoms with van der Waals surface area (Å²) in [6.07, 6.45) is 1.62. The Balaban J connectivity index is 2.06. The lowest BCUT2D eigenvalue weighted by molar-refractivity contribution is -0.122. The van der Waals surface area contributed by atoms with Crippen molar-refractivity contribution in [3.8, 4) is 0 Å². The molecule has 0 saturated heterocycles. The summed E-state index contributed by atoms with van der Waals surface area (Å²) >= 11 is 1.63. The van der Waals surface area contributed by atoms with Gasteiger partial charge in [0.2, 0.25) is 5.91 Å². The number of rotatable bonds is 5. The number of nitrogens with one attached hydrogen (secondary N) is 1. The molecule has 20 heavy (non-hydrogen) atoms. The standard InChI is InChI=1S/C15H18N2O2S/c1-11(2)15(12-6-5-9-20-12)16-13(18)10-17-8-4-3-7-14(17)19/h3-9,11,15H,10H2,1-2H3,(H,16,18)/t15-/m0/s1. The molecule has 0 radical (unpaired) electrons. The van der Waals surface area contributed by atoms with Gasteiger partial charge in [-0.05, 0) is 23.4 Å². The number of hydrogen-bond donors (Lipinski definition) is 1. The number of aromatic nitrogens is 1. The fourth-order valence-electron chi connectivity index (χ4n) is 2.00. The van der Waals surface area contributed by atoms with E-state index in [1.807, 2.05) is 17.5 Å². The van der Waals surface area contributed by atoms with Gasteiger partial charge in [-0.3, -0.25) is 9.59 Å². The minimum Gasteiger partial charge on any atom is -0.347 e. The summed E-state index contributed by atoms with van der Waals surface area (Å²) in [6.45, 7) is 4.19. The highest BCUT2D eigenvalue weighted by Crippen LogP contribution is 2.25. The van der Waals surface area contributed by atoms with Gasteiger partial charge in [0.05, 0.1) is 6.04 Å². The second-order valence-electron chi connectivity index (χ2n) is 4.97. The molecule has 106 valence electrons. The fraction of sp³-hybridized carbons (Fsp3) is 0.333. The largest absolute Gasteiger partial charge is 0.347 e. The van der Waals surface area contributed by atoms with Crippen LogP contribution in [0.5, 0.6) is 0 Å². The summed E-state index contributed by atoms with van der Waals surface area (Å²) in [5, 5.41) is 5.00. The van der Waals surface area contributed by atoms with Crippen LogP contribution < -0.4 is 10.9 Å². The smallest absolute Gasteiger partial charge is 0.250 e. The first-order chi connectivity index (χ1) is 9.58. The number of carbonyl (C=O) groups is 1. The van der Waals surface area contributed by atoms with Crippen molar-refractivity contribution >= 4 is 17.2 Å². The number of amides is 1. The van der Waals surface area contributed by atoms with Gasteiger partial charge >= 0.3 is 0 Å². The summed E-state index contributed by atoms with van der Waals surface area (Å²) in [7, 11) is 0. The van der Waals surface area contributed by atoms with Crippen molar-refractivity contribution < 1.29 is 4.79 Å². The molecule has 0 spiro atoms. The van der Waals surface area contributed by atoms with E-state index in [0.717, 1.165) is 4.88 Å². The first kappa shape index (κ1) is 14.5. The van der Waals surface area contributed by atoms with Crippen LogP contribution in [-0.2, 0) is 11.3 Å². The summed E-state index contributed by atoms with van der Waals surface area (Å²) < 4.78 is 1.40. The van der Waals surface area contributed by atoms with Gasteiger partial charge in [0.25, 0.3) is 5.56 Å². The molecule has 0 bridgehead atoms. The third-order valence-corrected chi connectivity index (χ3v) is 4.00. The quantitative estimate of drug-likeness (QED) is 0.919. The summed E-state index contributed by atoms with van der Waals surface area (Å²) in [5.41, 5.74) is -0.167. The van der Waals surface area contributed by atoms with E-state index in [2.05, 4.69) is 19.2 Å². The summed E-state index contributed by atoms with van der Waals surface area (Å²) in [6, 6.07) is 8.84. The van der Waals surface area contributed by atoms with Crippen LogP contribution in [0.3, 0.4) is 0 Å². The van der Waals surface area contributed by atoms with Crippen LogP contribution in [0.2, 0.25) is 0 Å². The van der Waals surface area contributed by atoms with Crippen molar-refractivity contribution in [2.24, 2.45) is 5.92 Å². The first-order valence-corrected chi connectivity index (χ1v) is 7.44. The topological polar surface area (TPSA) is 51.1 Å². The number of hydrogen-bond acceptors (Lipinski definition) is 3. The van der Waals surface area contributed by atoms with Gasteiger partial charge < -0.3 is 9.88 Å². The van der Waals surface area contributed by atoms with E-state index >= 15 is 0 Å². The van der Waals surface area contributed by atoms with Crippen LogP contribution in [0.4, 0.5) is 0 Å². The van der Waals surface area contributed by atoms with Gasteiger partial charge in [-0.1, -0.05) is 26.0 Å². The molecule has 0 saturated carbocycles. The molecule has 4 nitrogen and oxygen atoms in total. The molecule has 0 aromatic carbocycles. The van der Waals surface area contributed by atoms with Crippen molar-refractivity contribution in [1.82, 2.24) is 9.88 Å². The lowest BCUT2D eigenvalue weighted by atomic mass is 10.0. The van der Waals surface area contributed by atoms with Crippen molar-refractivity contribution in [3.05, 3.63) is 57.1 Å². The zero-order chi connectivity index (χ0) is 14.5. The van der Waals surface area contributed by atoms with E-state index in [1.54, 1.807) is 29.7 Å². The van der Waals surface area contributed by atoms with E-state index in [0.29, 0.717) is 5.92 Å². The second-order valence-corrected chi connectivity index (χ2v) is 5.95. The summed E-state index contributed by atoms with van der Waals surface area (Å²) in [5.74, 6) is 0.149. The molecule has 2 aromatic heterocycles. The molecule has 0 fully saturated rings. The van der Waals surface area contributed by atoms with Crippen molar-refractivity contribution in [1.29, 1.82) is 0 Å². The van der Waals surface area contributed by atoms with Crippen LogP contribution in [-0.4, -0.2) is 10.5 Å². The molecule has 0 aliphatic carbocycles. The SMILES string of the molecule is CC(C)[C@H](NC(=O)Cn1ccccc1=O)c1cccs1. The Hall–Kier alpha value is -1.88. The molecule has 1 atom stereocenters. The van der Waals surface area contributed by atoms with E-state index in [4.69, 9.17) is 0 Å². The maximum absolute atomic E-state index is 12.1. The maximum atomic E-state index is 12.1. The highest BCUT2D eigenvalue weighted by Gasteiger charge is 2.19. The van der Waals surface area contributed by atoms with E-state index in [9.17, 15) is 9.59 Å². The van der Waals surface area contributed by atoms with Crippen LogP contribution in [0.15, 0.2) is 46.7 Å². The van der Waals surface area contributed by atoms with E-state index in [1.165, 1.54) is 10.6 Å². The molecule has 2 aromatic rings. The number of nitrogens with zero attached hydrogens (tertiary/aromatic N) is 1. The molecular formula is C15H18N2O2S. The Morgan fingerprint density at radius 1 is 1.30 bits per heavy atom. The average Bonchev–Trinajstić information content (AvgIpc) is 2.92. The van der Waals surface area contributed by atoms with E-state index in [-0.39, 0.29) is 24.1 Å². The zero-order valence-electron chi connectivity index (χ0n) is 11.6. The Kier molecular flexibility index (Phi) is 4.74. The van der Waals surface area contributed by atoms with Crippen LogP contribution in [0, 0.1) is 5.92 Å². The van der Waals surface area contributed by atoms with Gasteiger partial charge in [0, 0.05) is 17.1 Å². The van der Waals surface area contributed by atoms with Gasteiger partial charge in [0.15, 0.2) is 0 Å². The number of carbonyl (C=O) groups excluding carboxylic acids is 1. The van der Waals surface area contributed by atoms with Crippen LogP contribution >= 0.6 is 11.3 Å². The first-order valence-electron chi connectivity index (χ1n) is 6.56. The highest BCUT2D eigenvalue weighted by molar-refractivity contribution is 7.10. The molecule has 0 aliphatic rings. The van der Waals surface area contributed by atoms with Gasteiger partial charge in [-0.25, -0.2) is 0 Å². The minimum atomic E-state index is -0.167. The Bertz CT molecular complexity index is 617. The number of thiophene rings is 1. The molecular weight excluding hydrogens is 272 g/mol. The monoisotopic (exact) mass is 290 g/mol. The lowest BCUT2D eigenvalue weighted by Gasteiger charge is -2.21. The molecule has 1 N–H and O–H groups in total. The molecule has 5 heteroatoms. The predicted molar refractivity (Wildman–Crippen MR) is 80.7 cm³/mol. The molecule has 0 aliphatic heterocycles. The third-order valence-electron chi connectivity index (χ3n) is 3.05. The number of pyridine rings is 1. The Labute approximate surface area is 122 Å². The fourth-order valence-corrected chi connectivity index (χ4v) is 2.95. The Morgan fingerprint density at radius 3 is 2.70 bits per heavy atom. The zero-order valence-corrected chi connectivity index (χ0v) is 12.4. The minimum absolute atomic E-state index is 0.0121. The lowest BCUT2D eigenvalue weighted by Crippen LogP contribution is -2.36. The maximum Gasteiger partial charge on any atom is 0.250 e. The molecule has 1 amide bonds. The van der Waals surface area contributed by atoms with Crippen molar-refractivity contribution in [2.75, 3.05) is 0 Å². The highest BCUT2D eigenvalue weighted by atomic mass is 32.1. The van der Waals surface area contributed by atoms with Crippen LogP contribution in [0.1, 0.15) is 24.8 Å². The molecule has 0 unspecified atom stereocenters. The van der Waals surface area contributed by atoms with Crippen molar-refractivity contribution in [3.63, 3.8) is 0 Å². The second kappa shape index (κ2) is 6.52. The third kappa shape index (κ3) is 3.57. The van der Waals surface area contributed by atoms with Gasteiger partial charge in [-0.15, -0.1) is 11.3 Å². The molecule has 2 heterocycles.